The second-order valence-corrected chi connectivity index (χ2v) is 7.16. The fraction of sp³-hybridized carbons (Fsp3) is 0.167. The van der Waals surface area contributed by atoms with Crippen LogP contribution < -0.4 is 5.32 Å². The number of thiazole rings is 1. The molecule has 0 fully saturated rings. The molecule has 0 bridgehead atoms. The van der Waals surface area contributed by atoms with Crippen LogP contribution in [0.25, 0.3) is 32.9 Å². The van der Waals surface area contributed by atoms with E-state index in [2.05, 4.69) is 30.7 Å². The van der Waals surface area contributed by atoms with E-state index in [0.29, 0.717) is 12.2 Å². The van der Waals surface area contributed by atoms with Crippen molar-refractivity contribution in [3.8, 4) is 21.8 Å². The third kappa shape index (κ3) is 3.22. The smallest absolute Gasteiger partial charge is 0.217 e. The maximum absolute atomic E-state index is 14.8. The lowest BCUT2D eigenvalue weighted by Gasteiger charge is -2.06. The molecule has 3 aromatic heterocycles. The van der Waals surface area contributed by atoms with Crippen LogP contribution in [-0.4, -0.2) is 31.3 Å². The number of aromatic nitrogens is 5. The fourth-order valence-electron chi connectivity index (χ4n) is 2.80. The molecule has 0 atom stereocenters. The van der Waals surface area contributed by atoms with Gasteiger partial charge >= 0.3 is 0 Å². The first kappa shape index (κ1) is 18.1. The lowest BCUT2D eigenvalue weighted by Crippen LogP contribution is -2.18. The van der Waals surface area contributed by atoms with Gasteiger partial charge in [0.1, 0.15) is 5.01 Å². The van der Waals surface area contributed by atoms with Gasteiger partial charge in [0.15, 0.2) is 22.7 Å². The van der Waals surface area contributed by atoms with E-state index >= 15 is 0 Å². The standard InChI is InChI=1S/C18H14F2N6OS/c1-8-18(28-14(22-8)7-21-9(2)27)13-5-3-4-12(23-13)10-6-11(19)16-17(15(10)20)25-26-24-16/h3-6H,7H2,1-2H3,(H,21,27)(H,24,25,26). The molecule has 142 valence electrons. The number of nitrogens with one attached hydrogen (secondary N) is 2. The van der Waals surface area contributed by atoms with Crippen molar-refractivity contribution in [2.45, 2.75) is 20.4 Å². The van der Waals surface area contributed by atoms with Gasteiger partial charge in [-0.3, -0.25) is 4.79 Å². The Morgan fingerprint density at radius 1 is 1.18 bits per heavy atom. The number of fused-ring (bicyclic) bond motifs is 1. The fourth-order valence-corrected chi connectivity index (χ4v) is 3.77. The Hall–Kier alpha value is -3.27. The van der Waals surface area contributed by atoms with Crippen LogP contribution >= 0.6 is 11.3 Å². The first-order chi connectivity index (χ1) is 13.4. The van der Waals surface area contributed by atoms with Crippen LogP contribution in [0.1, 0.15) is 17.6 Å². The SMILES string of the molecule is CC(=O)NCc1nc(C)c(-c2cccc(-c3cc(F)c4n[nH]nc4c3F)n2)s1. The van der Waals surface area contributed by atoms with E-state index in [1.807, 2.05) is 6.92 Å². The van der Waals surface area contributed by atoms with Crippen LogP contribution in [-0.2, 0) is 11.3 Å². The van der Waals surface area contributed by atoms with Gasteiger partial charge in [0.2, 0.25) is 5.91 Å². The van der Waals surface area contributed by atoms with Crippen LogP contribution in [0, 0.1) is 18.6 Å². The van der Waals surface area contributed by atoms with Gasteiger partial charge < -0.3 is 5.32 Å². The Kier molecular flexibility index (Phi) is 4.55. The maximum atomic E-state index is 14.8. The summed E-state index contributed by atoms with van der Waals surface area (Å²) in [4.78, 5) is 20.8. The zero-order valence-corrected chi connectivity index (χ0v) is 15.7. The second-order valence-electron chi connectivity index (χ2n) is 6.08. The Bertz CT molecular complexity index is 1200. The predicted molar refractivity (Wildman–Crippen MR) is 100 cm³/mol. The predicted octanol–water partition coefficient (Wildman–Crippen LogP) is 3.37. The van der Waals surface area contributed by atoms with Crippen molar-refractivity contribution in [3.05, 3.63) is 46.6 Å². The summed E-state index contributed by atoms with van der Waals surface area (Å²) in [5, 5.41) is 13.0. The number of carbonyl (C=O) groups is 1. The van der Waals surface area contributed by atoms with Crippen molar-refractivity contribution in [2.75, 3.05) is 0 Å². The number of aromatic amines is 1. The van der Waals surface area contributed by atoms with Crippen molar-refractivity contribution in [2.24, 2.45) is 0 Å². The van der Waals surface area contributed by atoms with E-state index in [1.54, 1.807) is 18.2 Å². The molecule has 0 radical (unpaired) electrons. The van der Waals surface area contributed by atoms with Crippen molar-refractivity contribution < 1.29 is 13.6 Å². The number of hydrogen-bond donors (Lipinski definition) is 2. The molecule has 4 rings (SSSR count). The molecule has 2 N–H and O–H groups in total. The lowest BCUT2D eigenvalue weighted by molar-refractivity contribution is -0.119. The first-order valence-electron chi connectivity index (χ1n) is 8.31. The van der Waals surface area contributed by atoms with Gasteiger partial charge in [0.25, 0.3) is 0 Å². The van der Waals surface area contributed by atoms with Crippen LogP contribution in [0.4, 0.5) is 8.78 Å². The molecule has 0 aliphatic rings. The van der Waals surface area contributed by atoms with Crippen molar-refractivity contribution in [1.82, 2.24) is 30.7 Å². The summed E-state index contributed by atoms with van der Waals surface area (Å²) in [6.07, 6.45) is 0. The molecule has 28 heavy (non-hydrogen) atoms. The molecule has 10 heteroatoms. The van der Waals surface area contributed by atoms with Crippen molar-refractivity contribution in [3.63, 3.8) is 0 Å². The average molecular weight is 400 g/mol. The molecule has 0 saturated heterocycles. The molecule has 4 aromatic rings. The highest BCUT2D eigenvalue weighted by Gasteiger charge is 2.19. The Morgan fingerprint density at radius 2 is 1.93 bits per heavy atom. The van der Waals surface area contributed by atoms with Crippen molar-refractivity contribution >= 4 is 28.3 Å². The zero-order valence-electron chi connectivity index (χ0n) is 14.9. The number of benzene rings is 1. The number of aryl methyl sites for hydroxylation is 1. The summed E-state index contributed by atoms with van der Waals surface area (Å²) in [6.45, 7) is 3.59. The summed E-state index contributed by atoms with van der Waals surface area (Å²) < 4.78 is 29.0. The molecule has 0 aliphatic heterocycles. The van der Waals surface area contributed by atoms with Gasteiger partial charge in [0, 0.05) is 12.5 Å². The van der Waals surface area contributed by atoms with Crippen LogP contribution in [0.15, 0.2) is 24.3 Å². The molecule has 3 heterocycles. The molecule has 0 aliphatic carbocycles. The average Bonchev–Trinajstić information content (AvgIpc) is 3.30. The maximum Gasteiger partial charge on any atom is 0.217 e. The number of pyridine rings is 1. The number of halogens is 2. The van der Waals surface area contributed by atoms with Crippen LogP contribution in [0.3, 0.4) is 0 Å². The Morgan fingerprint density at radius 3 is 2.71 bits per heavy atom. The van der Waals surface area contributed by atoms with Crippen LogP contribution in [0.2, 0.25) is 0 Å². The normalized spacial score (nSPS) is 11.1. The number of rotatable bonds is 4. The molecule has 7 nitrogen and oxygen atoms in total. The third-order valence-electron chi connectivity index (χ3n) is 4.08. The van der Waals surface area contributed by atoms with Gasteiger partial charge in [0.05, 0.1) is 28.5 Å². The van der Waals surface area contributed by atoms with Crippen molar-refractivity contribution in [1.29, 1.82) is 0 Å². The Balaban J connectivity index is 1.75. The largest absolute Gasteiger partial charge is 0.350 e. The van der Waals surface area contributed by atoms with E-state index in [4.69, 9.17) is 0 Å². The summed E-state index contributed by atoms with van der Waals surface area (Å²) in [6, 6.07) is 6.15. The second kappa shape index (κ2) is 7.04. The highest BCUT2D eigenvalue weighted by Crippen LogP contribution is 2.32. The molecule has 0 saturated carbocycles. The molecule has 1 aromatic carbocycles. The van der Waals surface area contributed by atoms with Crippen LogP contribution in [0.5, 0.6) is 0 Å². The topological polar surface area (TPSA) is 96.5 Å². The minimum absolute atomic E-state index is 0.00129. The monoisotopic (exact) mass is 400 g/mol. The summed E-state index contributed by atoms with van der Waals surface area (Å²) in [7, 11) is 0. The molecule has 0 spiro atoms. The van der Waals surface area contributed by atoms with Gasteiger partial charge in [-0.05, 0) is 25.1 Å². The van der Waals surface area contributed by atoms with E-state index in [0.717, 1.165) is 21.6 Å². The molecule has 0 unspecified atom stereocenters. The van der Waals surface area contributed by atoms with Gasteiger partial charge in [-0.2, -0.15) is 15.4 Å². The number of H-pyrrole nitrogens is 1. The third-order valence-corrected chi connectivity index (χ3v) is 5.26. The summed E-state index contributed by atoms with van der Waals surface area (Å²) in [5.74, 6) is -1.52. The summed E-state index contributed by atoms with van der Waals surface area (Å²) >= 11 is 1.39. The molecule has 1 amide bonds. The molecular weight excluding hydrogens is 386 g/mol. The number of amides is 1. The number of carbonyl (C=O) groups excluding carboxylic acids is 1. The van der Waals surface area contributed by atoms with Gasteiger partial charge in [-0.25, -0.2) is 18.7 Å². The Labute approximate surface area is 161 Å². The van der Waals surface area contributed by atoms with Gasteiger partial charge in [-0.15, -0.1) is 11.3 Å². The first-order valence-corrected chi connectivity index (χ1v) is 9.12. The highest BCUT2D eigenvalue weighted by atomic mass is 32.1. The minimum atomic E-state index is -0.692. The van der Waals surface area contributed by atoms with Gasteiger partial charge in [-0.1, -0.05) is 6.07 Å². The number of hydrogen-bond acceptors (Lipinski definition) is 6. The highest BCUT2D eigenvalue weighted by molar-refractivity contribution is 7.15. The molecular formula is C18H14F2N6OS. The number of nitrogens with zero attached hydrogens (tertiary/aromatic N) is 4. The van der Waals surface area contributed by atoms with E-state index in [1.165, 1.54) is 18.3 Å². The quantitative estimate of drug-likeness (QED) is 0.548. The zero-order chi connectivity index (χ0) is 19.8. The minimum Gasteiger partial charge on any atom is -0.350 e. The van der Waals surface area contributed by atoms with E-state index in [-0.39, 0.29) is 28.2 Å². The van der Waals surface area contributed by atoms with E-state index < -0.39 is 11.6 Å². The van der Waals surface area contributed by atoms with E-state index in [9.17, 15) is 13.6 Å². The lowest BCUT2D eigenvalue weighted by atomic mass is 10.1. The summed E-state index contributed by atoms with van der Waals surface area (Å²) in [5.41, 5.74) is 1.28.